The number of carbonyl (C=O) groups excluding carboxylic acids is 2. The molecule has 0 aliphatic carbocycles. The molecular formula is C13H14BrFN2O2. The van der Waals surface area contributed by atoms with Crippen LogP contribution >= 0.6 is 15.9 Å². The molecule has 102 valence electrons. The third kappa shape index (κ3) is 3.76. The molecule has 2 amide bonds. The van der Waals surface area contributed by atoms with Gasteiger partial charge in [0.2, 0.25) is 11.8 Å². The van der Waals surface area contributed by atoms with Crippen LogP contribution in [-0.2, 0) is 16.1 Å². The van der Waals surface area contributed by atoms with Crippen LogP contribution in [0.3, 0.4) is 0 Å². The lowest BCUT2D eigenvalue weighted by Gasteiger charge is -2.21. The summed E-state index contributed by atoms with van der Waals surface area (Å²) in [5.74, 6) is -0.755. The number of benzene rings is 1. The minimum absolute atomic E-state index is 0.0258. The number of piperidine rings is 1. The Morgan fingerprint density at radius 2 is 2.32 bits per heavy atom. The topological polar surface area (TPSA) is 58.2 Å². The van der Waals surface area contributed by atoms with E-state index in [9.17, 15) is 14.0 Å². The Balaban J connectivity index is 1.89. The molecule has 1 aromatic rings. The predicted octanol–water partition coefficient (Wildman–Crippen LogP) is 1.73. The van der Waals surface area contributed by atoms with E-state index in [4.69, 9.17) is 0 Å². The van der Waals surface area contributed by atoms with Crippen molar-refractivity contribution >= 4 is 27.7 Å². The fourth-order valence-corrected chi connectivity index (χ4v) is 2.37. The van der Waals surface area contributed by atoms with Crippen LogP contribution in [0, 0.1) is 11.7 Å². The lowest BCUT2D eigenvalue weighted by atomic mass is 9.98. The van der Waals surface area contributed by atoms with E-state index in [1.54, 1.807) is 12.1 Å². The molecule has 1 aliphatic heterocycles. The Morgan fingerprint density at radius 1 is 1.53 bits per heavy atom. The van der Waals surface area contributed by atoms with Gasteiger partial charge in [-0.3, -0.25) is 9.59 Å². The zero-order valence-electron chi connectivity index (χ0n) is 10.2. The number of halogens is 2. The van der Waals surface area contributed by atoms with Crippen LogP contribution in [0.1, 0.15) is 18.4 Å². The van der Waals surface area contributed by atoms with E-state index < -0.39 is 0 Å². The van der Waals surface area contributed by atoms with Gasteiger partial charge in [-0.05, 0) is 24.6 Å². The summed E-state index contributed by atoms with van der Waals surface area (Å²) >= 11 is 3.26. The third-order valence-corrected chi connectivity index (χ3v) is 3.59. The summed E-state index contributed by atoms with van der Waals surface area (Å²) in [6, 6.07) is 4.60. The SMILES string of the molecule is O=C1CCC(C(=O)NCc2cc(Br)ccc2F)CN1. The normalized spacial score (nSPS) is 18.8. The molecule has 6 heteroatoms. The molecule has 1 atom stereocenters. The molecule has 0 spiro atoms. The average molecular weight is 329 g/mol. The largest absolute Gasteiger partial charge is 0.355 e. The fraction of sp³-hybridized carbons (Fsp3) is 0.385. The van der Waals surface area contributed by atoms with E-state index >= 15 is 0 Å². The lowest BCUT2D eigenvalue weighted by Crippen LogP contribution is -2.42. The second kappa shape index (κ2) is 6.14. The summed E-state index contributed by atoms with van der Waals surface area (Å²) in [7, 11) is 0. The fourth-order valence-electron chi connectivity index (χ4n) is 1.96. The van der Waals surface area contributed by atoms with Crippen molar-refractivity contribution in [1.29, 1.82) is 0 Å². The summed E-state index contributed by atoms with van der Waals surface area (Å²) in [6.45, 7) is 0.500. The van der Waals surface area contributed by atoms with Crippen molar-refractivity contribution in [2.75, 3.05) is 6.54 Å². The van der Waals surface area contributed by atoms with Gasteiger partial charge >= 0.3 is 0 Å². The highest BCUT2D eigenvalue weighted by Gasteiger charge is 2.24. The number of rotatable bonds is 3. The second-order valence-electron chi connectivity index (χ2n) is 4.49. The van der Waals surface area contributed by atoms with Gasteiger partial charge in [-0.2, -0.15) is 0 Å². The second-order valence-corrected chi connectivity index (χ2v) is 5.41. The van der Waals surface area contributed by atoms with Crippen LogP contribution in [0.25, 0.3) is 0 Å². The highest BCUT2D eigenvalue weighted by atomic mass is 79.9. The molecule has 1 saturated heterocycles. The zero-order chi connectivity index (χ0) is 13.8. The van der Waals surface area contributed by atoms with Gasteiger partial charge in [0.15, 0.2) is 0 Å². The summed E-state index contributed by atoms with van der Waals surface area (Å²) in [5.41, 5.74) is 0.433. The van der Waals surface area contributed by atoms with Crippen molar-refractivity contribution in [2.24, 2.45) is 5.92 Å². The van der Waals surface area contributed by atoms with Crippen molar-refractivity contribution < 1.29 is 14.0 Å². The molecule has 1 aromatic carbocycles. The first kappa shape index (κ1) is 14.0. The van der Waals surface area contributed by atoms with Crippen molar-refractivity contribution in [3.8, 4) is 0 Å². The first-order valence-electron chi connectivity index (χ1n) is 6.04. The molecule has 1 fully saturated rings. The molecule has 0 bridgehead atoms. The average Bonchev–Trinajstić information content (AvgIpc) is 2.40. The first-order valence-corrected chi connectivity index (χ1v) is 6.84. The number of hydrogen-bond acceptors (Lipinski definition) is 2. The highest BCUT2D eigenvalue weighted by molar-refractivity contribution is 9.10. The molecule has 2 N–H and O–H groups in total. The number of carbonyl (C=O) groups is 2. The van der Waals surface area contributed by atoms with E-state index in [0.717, 1.165) is 4.47 Å². The monoisotopic (exact) mass is 328 g/mol. The van der Waals surface area contributed by atoms with E-state index in [0.29, 0.717) is 24.9 Å². The Morgan fingerprint density at radius 3 is 3.00 bits per heavy atom. The van der Waals surface area contributed by atoms with Gasteiger partial charge in [-0.15, -0.1) is 0 Å². The maximum absolute atomic E-state index is 13.5. The van der Waals surface area contributed by atoms with Gasteiger partial charge in [-0.1, -0.05) is 15.9 Å². The van der Waals surface area contributed by atoms with Crippen molar-refractivity contribution in [1.82, 2.24) is 10.6 Å². The Kier molecular flexibility index (Phi) is 4.52. The minimum atomic E-state index is -0.347. The van der Waals surface area contributed by atoms with Crippen LogP contribution in [-0.4, -0.2) is 18.4 Å². The molecule has 1 heterocycles. The maximum Gasteiger partial charge on any atom is 0.225 e. The molecule has 2 rings (SSSR count). The predicted molar refractivity (Wildman–Crippen MR) is 71.7 cm³/mol. The van der Waals surface area contributed by atoms with Crippen molar-refractivity contribution in [2.45, 2.75) is 19.4 Å². The summed E-state index contributed by atoms with van der Waals surface area (Å²) in [5, 5.41) is 5.35. The lowest BCUT2D eigenvalue weighted by molar-refractivity contribution is -0.129. The zero-order valence-corrected chi connectivity index (χ0v) is 11.8. The van der Waals surface area contributed by atoms with Crippen LogP contribution < -0.4 is 10.6 Å². The molecule has 0 saturated carbocycles. The summed E-state index contributed by atoms with van der Waals surface area (Å²) in [6.07, 6.45) is 0.905. The van der Waals surface area contributed by atoms with Crippen LogP contribution in [0.2, 0.25) is 0 Å². The number of amides is 2. The molecular weight excluding hydrogens is 315 g/mol. The summed E-state index contributed by atoms with van der Waals surface area (Å²) in [4.78, 5) is 22.9. The van der Waals surface area contributed by atoms with Crippen LogP contribution in [0.15, 0.2) is 22.7 Å². The summed E-state index contributed by atoms with van der Waals surface area (Å²) < 4.78 is 14.3. The smallest absolute Gasteiger partial charge is 0.225 e. The number of hydrogen-bond donors (Lipinski definition) is 2. The quantitative estimate of drug-likeness (QED) is 0.887. The Labute approximate surface area is 118 Å². The van der Waals surface area contributed by atoms with E-state index in [1.807, 2.05) is 0 Å². The van der Waals surface area contributed by atoms with E-state index in [-0.39, 0.29) is 30.1 Å². The standard InChI is InChI=1S/C13H14BrFN2O2/c14-10-2-3-11(15)9(5-10)7-17-13(19)8-1-4-12(18)16-6-8/h2-3,5,8H,1,4,6-7H2,(H,16,18)(H,17,19). The van der Waals surface area contributed by atoms with Crippen molar-refractivity contribution in [3.05, 3.63) is 34.1 Å². The van der Waals surface area contributed by atoms with Gasteiger partial charge in [0.25, 0.3) is 0 Å². The van der Waals surface area contributed by atoms with Gasteiger partial charge in [0.05, 0.1) is 5.92 Å². The highest BCUT2D eigenvalue weighted by Crippen LogP contribution is 2.16. The van der Waals surface area contributed by atoms with Gasteiger partial charge < -0.3 is 10.6 Å². The molecule has 1 aliphatic rings. The van der Waals surface area contributed by atoms with E-state index in [1.165, 1.54) is 6.07 Å². The third-order valence-electron chi connectivity index (χ3n) is 3.10. The van der Waals surface area contributed by atoms with Crippen molar-refractivity contribution in [3.63, 3.8) is 0 Å². The minimum Gasteiger partial charge on any atom is -0.355 e. The van der Waals surface area contributed by atoms with Gasteiger partial charge in [-0.25, -0.2) is 4.39 Å². The Bertz CT molecular complexity index is 497. The maximum atomic E-state index is 13.5. The van der Waals surface area contributed by atoms with Gasteiger partial charge in [0, 0.05) is 29.5 Å². The molecule has 1 unspecified atom stereocenters. The molecule has 0 radical (unpaired) electrons. The molecule has 4 nitrogen and oxygen atoms in total. The molecule has 0 aromatic heterocycles. The molecule has 19 heavy (non-hydrogen) atoms. The van der Waals surface area contributed by atoms with Crippen LogP contribution in [0.4, 0.5) is 4.39 Å². The van der Waals surface area contributed by atoms with E-state index in [2.05, 4.69) is 26.6 Å². The number of nitrogens with one attached hydrogen (secondary N) is 2. The van der Waals surface area contributed by atoms with Crippen LogP contribution in [0.5, 0.6) is 0 Å². The Hall–Kier alpha value is -1.43. The first-order chi connectivity index (χ1) is 9.06. The van der Waals surface area contributed by atoms with Gasteiger partial charge in [0.1, 0.15) is 5.82 Å².